The molecule has 0 aromatic carbocycles. The summed E-state index contributed by atoms with van der Waals surface area (Å²) in [4.78, 5) is 12.8. The van der Waals surface area contributed by atoms with Crippen molar-refractivity contribution in [2.24, 2.45) is 0 Å². The zero-order valence-electron chi connectivity index (χ0n) is 37.1. The lowest BCUT2D eigenvalue weighted by atomic mass is 9.99. The van der Waals surface area contributed by atoms with Crippen molar-refractivity contribution in [3.63, 3.8) is 0 Å². The van der Waals surface area contributed by atoms with Crippen molar-refractivity contribution in [2.45, 2.75) is 275 Å². The predicted molar refractivity (Wildman–Crippen MR) is 235 cm³/mol. The fraction of sp³-hybridized carbons (Fsp3) is 0.938. The van der Waals surface area contributed by atoms with E-state index in [0.29, 0.717) is 6.42 Å². The van der Waals surface area contributed by atoms with Crippen molar-refractivity contribution in [2.75, 3.05) is 13.2 Å². The summed E-state index contributed by atoms with van der Waals surface area (Å²) >= 11 is 0. The molecule has 338 valence electrons. The van der Waals surface area contributed by atoms with Crippen molar-refractivity contribution in [1.29, 1.82) is 0 Å². The van der Waals surface area contributed by atoms with Gasteiger partial charge in [-0.3, -0.25) is 4.79 Å². The molecule has 0 radical (unpaired) electrons. The molecule has 7 atom stereocenters. The minimum Gasteiger partial charge on any atom is -0.394 e. The first-order valence-electron chi connectivity index (χ1n) is 24.4. The van der Waals surface area contributed by atoms with Gasteiger partial charge >= 0.3 is 0 Å². The van der Waals surface area contributed by atoms with Crippen molar-refractivity contribution in [3.05, 3.63) is 12.2 Å². The van der Waals surface area contributed by atoms with Crippen LogP contribution in [0.2, 0.25) is 0 Å². The number of nitrogens with one attached hydrogen (secondary N) is 1. The van der Waals surface area contributed by atoms with Crippen LogP contribution in [-0.4, -0.2) is 87.5 Å². The molecule has 1 aliphatic rings. The Balaban J connectivity index is 2.16. The summed E-state index contributed by atoms with van der Waals surface area (Å²) in [7, 11) is 0. The van der Waals surface area contributed by atoms with Crippen LogP contribution >= 0.6 is 0 Å². The Kier molecular flexibility index (Phi) is 37.0. The summed E-state index contributed by atoms with van der Waals surface area (Å²) in [6, 6.07) is -0.797. The van der Waals surface area contributed by atoms with Gasteiger partial charge in [-0.2, -0.15) is 0 Å². The normalized spacial score (nSPS) is 21.0. The van der Waals surface area contributed by atoms with E-state index in [4.69, 9.17) is 9.47 Å². The first kappa shape index (κ1) is 53.9. The molecule has 1 heterocycles. The van der Waals surface area contributed by atoms with Crippen molar-refractivity contribution >= 4 is 5.91 Å². The first-order valence-corrected chi connectivity index (χ1v) is 24.4. The molecule has 0 aromatic rings. The molecule has 0 aliphatic carbocycles. The van der Waals surface area contributed by atoms with Crippen LogP contribution in [0.5, 0.6) is 0 Å². The van der Waals surface area contributed by atoms with E-state index >= 15 is 0 Å². The summed E-state index contributed by atoms with van der Waals surface area (Å²) in [6.45, 7) is 3.74. The van der Waals surface area contributed by atoms with E-state index in [1.165, 1.54) is 173 Å². The SMILES string of the molecule is CCCCCCCCCCCCCCCCCCCCCCCCCCC/C=C/C(O)C(COC1OC(CO)C(O)C(O)C1O)NC(=O)CCCCCCCCC. The van der Waals surface area contributed by atoms with Gasteiger partial charge in [-0.05, 0) is 19.3 Å². The van der Waals surface area contributed by atoms with Gasteiger partial charge in [-0.25, -0.2) is 0 Å². The zero-order valence-corrected chi connectivity index (χ0v) is 37.1. The largest absolute Gasteiger partial charge is 0.394 e. The number of allylic oxidation sites excluding steroid dienone is 1. The molecule has 0 bridgehead atoms. The van der Waals surface area contributed by atoms with Crippen LogP contribution < -0.4 is 5.32 Å². The summed E-state index contributed by atoms with van der Waals surface area (Å²) in [5, 5.41) is 54.0. The quantitative estimate of drug-likeness (QED) is 0.0264. The third kappa shape index (κ3) is 29.7. The topological polar surface area (TPSA) is 149 Å². The number of aliphatic hydroxyl groups excluding tert-OH is 5. The van der Waals surface area contributed by atoms with Crippen LogP contribution in [0.1, 0.15) is 232 Å². The summed E-state index contributed by atoms with van der Waals surface area (Å²) in [6.07, 6.45) is 38.8. The van der Waals surface area contributed by atoms with Gasteiger partial charge in [-0.15, -0.1) is 0 Å². The molecule has 0 aromatic heterocycles. The summed E-state index contributed by atoms with van der Waals surface area (Å²) < 4.78 is 11.2. The third-order valence-electron chi connectivity index (χ3n) is 11.9. The van der Waals surface area contributed by atoms with Gasteiger partial charge < -0.3 is 40.3 Å². The third-order valence-corrected chi connectivity index (χ3v) is 11.9. The molecule has 57 heavy (non-hydrogen) atoms. The van der Waals surface area contributed by atoms with Crippen LogP contribution in [-0.2, 0) is 14.3 Å². The monoisotopic (exact) mass is 812 g/mol. The van der Waals surface area contributed by atoms with E-state index < -0.39 is 49.5 Å². The summed E-state index contributed by atoms with van der Waals surface area (Å²) in [5.41, 5.74) is 0. The number of hydrogen-bond acceptors (Lipinski definition) is 8. The molecule has 9 nitrogen and oxygen atoms in total. The van der Waals surface area contributed by atoms with Gasteiger partial charge in [-0.1, -0.05) is 219 Å². The molecular weight excluding hydrogens is 719 g/mol. The highest BCUT2D eigenvalue weighted by molar-refractivity contribution is 5.76. The Hall–Kier alpha value is -1.07. The average Bonchev–Trinajstić information content (AvgIpc) is 3.21. The number of aliphatic hydroxyl groups is 5. The van der Waals surface area contributed by atoms with Crippen LogP contribution in [0.4, 0.5) is 0 Å². The molecule has 1 amide bonds. The fourth-order valence-corrected chi connectivity index (χ4v) is 7.92. The standard InChI is InChI=1S/C48H93NO8/c1-3-5-7-9-11-12-13-14-15-16-17-18-19-20-21-22-23-24-25-26-27-28-29-30-32-33-35-37-42(51)41(49-44(52)38-36-34-31-10-8-6-4-2)40-56-48-47(55)46(54)45(53)43(39-50)57-48/h35,37,41-43,45-48,50-51,53-55H,3-34,36,38-40H2,1-2H3,(H,49,52)/b37-35+. The number of unbranched alkanes of at least 4 members (excludes halogenated alkanes) is 31. The molecule has 9 heteroatoms. The minimum absolute atomic E-state index is 0.182. The van der Waals surface area contributed by atoms with Crippen LogP contribution in [0, 0.1) is 0 Å². The van der Waals surface area contributed by atoms with Gasteiger partial charge in [0.15, 0.2) is 6.29 Å². The number of amides is 1. The molecule has 7 unspecified atom stereocenters. The van der Waals surface area contributed by atoms with E-state index in [0.717, 1.165) is 38.5 Å². The average molecular weight is 812 g/mol. The second-order valence-corrected chi connectivity index (χ2v) is 17.3. The Labute approximate surface area is 350 Å². The smallest absolute Gasteiger partial charge is 0.220 e. The van der Waals surface area contributed by atoms with E-state index in [2.05, 4.69) is 19.2 Å². The lowest BCUT2D eigenvalue weighted by Gasteiger charge is -2.40. The number of rotatable bonds is 41. The first-order chi connectivity index (χ1) is 27.8. The van der Waals surface area contributed by atoms with Crippen molar-refractivity contribution in [1.82, 2.24) is 5.32 Å². The second-order valence-electron chi connectivity index (χ2n) is 17.3. The van der Waals surface area contributed by atoms with E-state index in [1.807, 2.05) is 6.08 Å². The maximum atomic E-state index is 12.8. The van der Waals surface area contributed by atoms with Gasteiger partial charge in [0.25, 0.3) is 0 Å². The highest BCUT2D eigenvalue weighted by Crippen LogP contribution is 2.23. The fourth-order valence-electron chi connectivity index (χ4n) is 7.92. The Morgan fingerprint density at radius 1 is 0.579 bits per heavy atom. The molecule has 1 saturated heterocycles. The number of hydrogen-bond donors (Lipinski definition) is 6. The van der Waals surface area contributed by atoms with Crippen LogP contribution in [0.3, 0.4) is 0 Å². The maximum absolute atomic E-state index is 12.8. The minimum atomic E-state index is -1.56. The molecule has 6 N–H and O–H groups in total. The number of carbonyl (C=O) groups is 1. The summed E-state index contributed by atoms with van der Waals surface area (Å²) in [5.74, 6) is -0.182. The molecule has 1 aliphatic heterocycles. The Morgan fingerprint density at radius 2 is 0.965 bits per heavy atom. The maximum Gasteiger partial charge on any atom is 0.220 e. The van der Waals surface area contributed by atoms with Gasteiger partial charge in [0, 0.05) is 6.42 Å². The van der Waals surface area contributed by atoms with Crippen molar-refractivity contribution < 1.29 is 39.8 Å². The highest BCUT2D eigenvalue weighted by Gasteiger charge is 2.44. The van der Waals surface area contributed by atoms with Gasteiger partial charge in [0.05, 0.1) is 25.4 Å². The predicted octanol–water partition coefficient (Wildman–Crippen LogP) is 10.5. The van der Waals surface area contributed by atoms with E-state index in [9.17, 15) is 30.3 Å². The molecule has 1 fully saturated rings. The second kappa shape index (κ2) is 39.1. The van der Waals surface area contributed by atoms with E-state index in [1.54, 1.807) is 6.08 Å². The van der Waals surface area contributed by atoms with Crippen molar-refractivity contribution in [3.8, 4) is 0 Å². The highest BCUT2D eigenvalue weighted by atomic mass is 16.7. The Morgan fingerprint density at radius 3 is 1.37 bits per heavy atom. The zero-order chi connectivity index (χ0) is 41.6. The van der Waals surface area contributed by atoms with E-state index in [-0.39, 0.29) is 12.5 Å². The molecule has 1 rings (SSSR count). The Bertz CT molecular complexity index is 904. The number of carbonyl (C=O) groups excluding carboxylic acids is 1. The number of ether oxygens (including phenoxy) is 2. The molecule has 0 saturated carbocycles. The lowest BCUT2D eigenvalue weighted by Crippen LogP contribution is -2.60. The molecular formula is C48H93NO8. The van der Waals surface area contributed by atoms with Crippen LogP contribution in [0.25, 0.3) is 0 Å². The van der Waals surface area contributed by atoms with Crippen LogP contribution in [0.15, 0.2) is 12.2 Å². The van der Waals surface area contributed by atoms with Gasteiger partial charge in [0.2, 0.25) is 5.91 Å². The van der Waals surface area contributed by atoms with Gasteiger partial charge in [0.1, 0.15) is 24.4 Å². The molecule has 0 spiro atoms. The lowest BCUT2D eigenvalue weighted by molar-refractivity contribution is -0.302.